The molecule has 1 aliphatic carbocycles. The summed E-state index contributed by atoms with van der Waals surface area (Å²) in [4.78, 5) is 28.1. The van der Waals surface area contributed by atoms with Gasteiger partial charge >= 0.3 is 0 Å². The standard InChI is InChI=1S/C27H31ClN4O2S/c1-15-29-25(21-7-10-35-26(21)30-15)23-14-22(23)20-6-3-16(11-24(20)28)27(34)31(2)19-12-17-4-5-18(13-19)32(17)8-9-33/h3,6-7,10-11,17-19,22-23,33H,4-5,8-9,12-14H2,1-2H3/t17?,18?,19?,22-,23+/m0/s1. The van der Waals surface area contributed by atoms with Crippen LogP contribution in [0, 0.1) is 6.92 Å². The third kappa shape index (κ3) is 4.16. The SMILES string of the molecule is Cc1nc([C@@H]2C[C@H]2c2ccc(C(=O)N(C)C3CC4CCC(C3)N4CCO)cc2Cl)c2ccsc2n1. The molecule has 3 aromatic rings. The van der Waals surface area contributed by atoms with Crippen molar-refractivity contribution in [2.24, 2.45) is 0 Å². The second-order valence-corrected chi connectivity index (χ2v) is 11.7. The maximum absolute atomic E-state index is 13.4. The van der Waals surface area contributed by atoms with Gasteiger partial charge in [-0.25, -0.2) is 9.97 Å². The molecular formula is C27H31ClN4O2S. The summed E-state index contributed by atoms with van der Waals surface area (Å²) in [6, 6.07) is 9.13. The molecule has 184 valence electrons. The first-order valence-corrected chi connectivity index (χ1v) is 13.8. The topological polar surface area (TPSA) is 69.6 Å². The van der Waals surface area contributed by atoms with E-state index in [4.69, 9.17) is 16.6 Å². The lowest BCUT2D eigenvalue weighted by atomic mass is 9.95. The zero-order valence-electron chi connectivity index (χ0n) is 20.2. The lowest BCUT2D eigenvalue weighted by Crippen LogP contribution is -2.51. The van der Waals surface area contributed by atoms with Gasteiger partial charge in [0.1, 0.15) is 10.7 Å². The molecule has 2 aromatic heterocycles. The molecule has 1 aromatic carbocycles. The highest BCUT2D eigenvalue weighted by Crippen LogP contribution is 2.57. The third-order valence-corrected chi connectivity index (χ3v) is 9.47. The number of hydrogen-bond acceptors (Lipinski definition) is 6. The van der Waals surface area contributed by atoms with Crippen LogP contribution in [-0.2, 0) is 0 Å². The van der Waals surface area contributed by atoms with E-state index in [-0.39, 0.29) is 18.6 Å². The highest BCUT2D eigenvalue weighted by molar-refractivity contribution is 7.16. The maximum Gasteiger partial charge on any atom is 0.253 e. The molecule has 4 heterocycles. The zero-order chi connectivity index (χ0) is 24.3. The summed E-state index contributed by atoms with van der Waals surface area (Å²) in [5.74, 6) is 1.52. The number of nitrogens with zero attached hydrogens (tertiary/aromatic N) is 4. The number of piperidine rings is 1. The number of carbonyl (C=O) groups is 1. The number of fused-ring (bicyclic) bond motifs is 3. The molecule has 2 saturated heterocycles. The predicted molar refractivity (Wildman–Crippen MR) is 139 cm³/mol. The van der Waals surface area contributed by atoms with Gasteiger partial charge in [-0.1, -0.05) is 17.7 Å². The Kier molecular flexibility index (Phi) is 6.08. The number of aromatic nitrogens is 2. The minimum absolute atomic E-state index is 0.0391. The van der Waals surface area contributed by atoms with E-state index in [1.807, 2.05) is 37.1 Å². The number of amides is 1. The van der Waals surface area contributed by atoms with E-state index >= 15 is 0 Å². The summed E-state index contributed by atoms with van der Waals surface area (Å²) in [6.45, 7) is 2.89. The number of thiophene rings is 1. The van der Waals surface area contributed by atoms with E-state index < -0.39 is 0 Å². The molecule has 4 atom stereocenters. The Morgan fingerprint density at radius 1 is 1.17 bits per heavy atom. The first kappa shape index (κ1) is 23.3. The number of benzene rings is 1. The lowest BCUT2D eigenvalue weighted by molar-refractivity contribution is 0.0446. The number of aliphatic hydroxyl groups is 1. The summed E-state index contributed by atoms with van der Waals surface area (Å²) in [5, 5.41) is 13.3. The molecule has 2 bridgehead atoms. The Labute approximate surface area is 214 Å². The maximum atomic E-state index is 13.4. The lowest BCUT2D eigenvalue weighted by Gasteiger charge is -2.42. The molecule has 35 heavy (non-hydrogen) atoms. The van der Waals surface area contributed by atoms with Crippen molar-refractivity contribution in [3.63, 3.8) is 0 Å². The van der Waals surface area contributed by atoms with Crippen LogP contribution >= 0.6 is 22.9 Å². The number of halogens is 1. The second-order valence-electron chi connectivity index (χ2n) is 10.4. The normalized spacial score (nSPS) is 27.9. The monoisotopic (exact) mass is 510 g/mol. The van der Waals surface area contributed by atoms with E-state index in [9.17, 15) is 9.90 Å². The van der Waals surface area contributed by atoms with E-state index in [1.165, 1.54) is 0 Å². The summed E-state index contributed by atoms with van der Waals surface area (Å²) in [6.07, 6.45) is 5.29. The number of hydrogen-bond donors (Lipinski definition) is 1. The van der Waals surface area contributed by atoms with Crippen LogP contribution in [-0.4, -0.2) is 69.1 Å². The van der Waals surface area contributed by atoms with Crippen molar-refractivity contribution in [3.05, 3.63) is 57.3 Å². The molecule has 1 N–H and O–H groups in total. The Hall–Kier alpha value is -2.06. The van der Waals surface area contributed by atoms with Crippen LogP contribution in [0.15, 0.2) is 29.6 Å². The van der Waals surface area contributed by atoms with Gasteiger partial charge in [0.2, 0.25) is 0 Å². The summed E-state index contributed by atoms with van der Waals surface area (Å²) < 4.78 is 0. The van der Waals surface area contributed by atoms with Crippen LogP contribution in [0.25, 0.3) is 10.2 Å². The molecule has 3 aliphatic rings. The van der Waals surface area contributed by atoms with Gasteiger partial charge in [-0.05, 0) is 74.1 Å². The smallest absolute Gasteiger partial charge is 0.253 e. The van der Waals surface area contributed by atoms with Crippen LogP contribution in [0.5, 0.6) is 0 Å². The van der Waals surface area contributed by atoms with E-state index in [1.54, 1.807) is 11.3 Å². The largest absolute Gasteiger partial charge is 0.395 e. The molecule has 1 amide bonds. The average Bonchev–Trinajstić information content (AvgIpc) is 3.43. The predicted octanol–water partition coefficient (Wildman–Crippen LogP) is 4.98. The van der Waals surface area contributed by atoms with Crippen molar-refractivity contribution in [2.45, 2.75) is 69.0 Å². The molecule has 0 spiro atoms. The van der Waals surface area contributed by atoms with Gasteiger partial charge in [-0.15, -0.1) is 11.3 Å². The summed E-state index contributed by atoms with van der Waals surface area (Å²) in [5.41, 5.74) is 2.88. The number of rotatable bonds is 6. The van der Waals surface area contributed by atoms with Crippen LogP contribution in [0.4, 0.5) is 0 Å². The number of aryl methyl sites for hydroxylation is 1. The van der Waals surface area contributed by atoms with Crippen LogP contribution in [0.3, 0.4) is 0 Å². The van der Waals surface area contributed by atoms with Crippen LogP contribution in [0.1, 0.15) is 71.4 Å². The molecule has 2 aliphatic heterocycles. The molecular weight excluding hydrogens is 480 g/mol. The first-order chi connectivity index (χ1) is 16.9. The average molecular weight is 511 g/mol. The van der Waals surface area contributed by atoms with E-state index in [0.717, 1.165) is 65.9 Å². The second kappa shape index (κ2) is 9.11. The molecule has 0 radical (unpaired) electrons. The van der Waals surface area contributed by atoms with Gasteiger partial charge < -0.3 is 10.0 Å². The van der Waals surface area contributed by atoms with Crippen molar-refractivity contribution in [3.8, 4) is 0 Å². The molecule has 6 nitrogen and oxygen atoms in total. The Morgan fingerprint density at radius 3 is 2.66 bits per heavy atom. The Balaban J connectivity index is 1.16. The van der Waals surface area contributed by atoms with Crippen molar-refractivity contribution in [1.82, 2.24) is 19.8 Å². The molecule has 1 saturated carbocycles. The number of carbonyl (C=O) groups excluding carboxylic acids is 1. The highest BCUT2D eigenvalue weighted by atomic mass is 35.5. The van der Waals surface area contributed by atoms with Gasteiger partial charge in [0.05, 0.1) is 12.3 Å². The zero-order valence-corrected chi connectivity index (χ0v) is 21.7. The molecule has 6 rings (SSSR count). The van der Waals surface area contributed by atoms with Crippen molar-refractivity contribution >= 4 is 39.1 Å². The highest BCUT2D eigenvalue weighted by Gasteiger charge is 2.44. The van der Waals surface area contributed by atoms with E-state index in [2.05, 4.69) is 21.3 Å². The molecule has 2 unspecified atom stereocenters. The van der Waals surface area contributed by atoms with Crippen molar-refractivity contribution < 1.29 is 9.90 Å². The third-order valence-electron chi connectivity index (χ3n) is 8.34. The van der Waals surface area contributed by atoms with Crippen LogP contribution < -0.4 is 0 Å². The van der Waals surface area contributed by atoms with E-state index in [0.29, 0.717) is 34.5 Å². The Morgan fingerprint density at radius 2 is 1.94 bits per heavy atom. The molecule has 8 heteroatoms. The quantitative estimate of drug-likeness (QED) is 0.506. The van der Waals surface area contributed by atoms with Gasteiger partial charge in [-0.3, -0.25) is 9.69 Å². The fourth-order valence-corrected chi connectivity index (χ4v) is 7.62. The molecule has 3 fully saturated rings. The summed E-state index contributed by atoms with van der Waals surface area (Å²) in [7, 11) is 1.93. The van der Waals surface area contributed by atoms with Gasteiger partial charge in [0, 0.05) is 53.6 Å². The van der Waals surface area contributed by atoms with Gasteiger partial charge in [-0.2, -0.15) is 0 Å². The summed E-state index contributed by atoms with van der Waals surface area (Å²) >= 11 is 8.41. The fourth-order valence-electron chi connectivity index (χ4n) is 6.49. The fraction of sp³-hybridized carbons (Fsp3) is 0.519. The van der Waals surface area contributed by atoms with Gasteiger partial charge in [0.15, 0.2) is 0 Å². The minimum Gasteiger partial charge on any atom is -0.395 e. The van der Waals surface area contributed by atoms with Crippen LogP contribution in [0.2, 0.25) is 5.02 Å². The number of aliphatic hydroxyl groups excluding tert-OH is 1. The minimum atomic E-state index is 0.0391. The first-order valence-electron chi connectivity index (χ1n) is 12.6. The van der Waals surface area contributed by atoms with Crippen molar-refractivity contribution in [1.29, 1.82) is 0 Å². The van der Waals surface area contributed by atoms with Crippen molar-refractivity contribution in [2.75, 3.05) is 20.2 Å². The van der Waals surface area contributed by atoms with Gasteiger partial charge in [0.25, 0.3) is 5.91 Å². The Bertz CT molecular complexity index is 1270.